The number of isocyanates is 1. The topological polar surface area (TPSA) is 67.8 Å². The van der Waals surface area contributed by atoms with Gasteiger partial charge in [-0.05, 0) is 32.9 Å². The van der Waals surface area contributed by atoms with Gasteiger partial charge in [0.05, 0.1) is 11.4 Å². The van der Waals surface area contributed by atoms with Crippen LogP contribution in [-0.4, -0.2) is 17.8 Å². The van der Waals surface area contributed by atoms with Gasteiger partial charge in [-0.3, -0.25) is 5.32 Å². The summed E-state index contributed by atoms with van der Waals surface area (Å²) >= 11 is 0. The van der Waals surface area contributed by atoms with Crippen molar-refractivity contribution >= 4 is 23.5 Å². The number of rotatable bonds is 2. The highest BCUT2D eigenvalue weighted by molar-refractivity contribution is 5.89. The minimum Gasteiger partial charge on any atom is -0.444 e. The zero-order valence-electron chi connectivity index (χ0n) is 9.98. The van der Waals surface area contributed by atoms with Crippen molar-refractivity contribution in [2.24, 2.45) is 4.99 Å². The van der Waals surface area contributed by atoms with Gasteiger partial charge in [-0.1, -0.05) is 12.1 Å². The van der Waals surface area contributed by atoms with Crippen LogP contribution in [0.3, 0.4) is 0 Å². The molecule has 0 saturated carbocycles. The molecule has 0 bridgehead atoms. The SMILES string of the molecule is CC(C)(C)OC(=O)Nc1ccccc1N=C=O. The average molecular weight is 234 g/mol. The van der Waals surface area contributed by atoms with E-state index in [9.17, 15) is 9.59 Å². The molecule has 5 heteroatoms. The van der Waals surface area contributed by atoms with Gasteiger partial charge in [-0.15, -0.1) is 0 Å². The van der Waals surface area contributed by atoms with Crippen molar-refractivity contribution in [3.63, 3.8) is 0 Å². The highest BCUT2D eigenvalue weighted by Gasteiger charge is 2.16. The molecule has 5 nitrogen and oxygen atoms in total. The van der Waals surface area contributed by atoms with Crippen LogP contribution in [0.4, 0.5) is 16.2 Å². The molecule has 1 rings (SSSR count). The van der Waals surface area contributed by atoms with Crippen molar-refractivity contribution in [1.29, 1.82) is 0 Å². The van der Waals surface area contributed by atoms with Gasteiger partial charge in [0, 0.05) is 0 Å². The van der Waals surface area contributed by atoms with Gasteiger partial charge >= 0.3 is 6.09 Å². The Morgan fingerprint density at radius 2 is 2.00 bits per heavy atom. The van der Waals surface area contributed by atoms with Gasteiger partial charge in [0.2, 0.25) is 6.08 Å². The van der Waals surface area contributed by atoms with Crippen LogP contribution in [-0.2, 0) is 9.53 Å². The molecule has 1 aromatic carbocycles. The first kappa shape index (κ1) is 12.9. The molecule has 1 amide bonds. The zero-order valence-corrected chi connectivity index (χ0v) is 9.98. The summed E-state index contributed by atoms with van der Waals surface area (Å²) in [5.41, 5.74) is 0.172. The van der Waals surface area contributed by atoms with Crippen LogP contribution in [0.2, 0.25) is 0 Å². The second-order valence-electron chi connectivity index (χ2n) is 4.35. The van der Waals surface area contributed by atoms with Gasteiger partial charge < -0.3 is 4.74 Å². The number of hydrogen-bond donors (Lipinski definition) is 1. The Kier molecular flexibility index (Phi) is 4.01. The van der Waals surface area contributed by atoms with E-state index in [0.717, 1.165) is 0 Å². The number of benzene rings is 1. The summed E-state index contributed by atoms with van der Waals surface area (Å²) in [6.07, 6.45) is 0.837. The highest BCUT2D eigenvalue weighted by Crippen LogP contribution is 2.24. The molecule has 0 atom stereocenters. The molecule has 1 N–H and O–H groups in total. The molecule has 0 aromatic heterocycles. The molecule has 0 saturated heterocycles. The van der Waals surface area contributed by atoms with Gasteiger partial charge in [0.1, 0.15) is 5.60 Å². The number of nitrogens with one attached hydrogen (secondary N) is 1. The number of hydrogen-bond acceptors (Lipinski definition) is 4. The quantitative estimate of drug-likeness (QED) is 0.631. The molecular formula is C12H14N2O3. The predicted molar refractivity (Wildman–Crippen MR) is 64.1 cm³/mol. The molecule has 0 aliphatic heterocycles. The number of aliphatic imine (C=N–C) groups is 1. The first-order valence-corrected chi connectivity index (χ1v) is 5.09. The zero-order chi connectivity index (χ0) is 12.9. The third-order valence-electron chi connectivity index (χ3n) is 1.71. The van der Waals surface area contributed by atoms with Crippen LogP contribution in [0.1, 0.15) is 20.8 Å². The van der Waals surface area contributed by atoms with Crippen molar-refractivity contribution in [3.05, 3.63) is 24.3 Å². The van der Waals surface area contributed by atoms with Gasteiger partial charge in [-0.2, -0.15) is 4.99 Å². The second kappa shape index (κ2) is 5.27. The van der Waals surface area contributed by atoms with E-state index in [-0.39, 0.29) is 0 Å². The first-order chi connectivity index (χ1) is 7.92. The summed E-state index contributed by atoms with van der Waals surface area (Å²) in [6.45, 7) is 5.30. The molecular weight excluding hydrogens is 220 g/mol. The number of carbonyl (C=O) groups excluding carboxylic acids is 2. The maximum atomic E-state index is 11.5. The van der Waals surface area contributed by atoms with E-state index in [1.165, 1.54) is 6.08 Å². The van der Waals surface area contributed by atoms with E-state index in [1.807, 2.05) is 0 Å². The number of nitrogens with zero attached hydrogens (tertiary/aromatic N) is 1. The lowest BCUT2D eigenvalue weighted by molar-refractivity contribution is 0.0636. The maximum Gasteiger partial charge on any atom is 0.412 e. The van der Waals surface area contributed by atoms with Crippen LogP contribution < -0.4 is 5.32 Å². The van der Waals surface area contributed by atoms with Gasteiger partial charge in [0.25, 0.3) is 0 Å². The summed E-state index contributed by atoms with van der Waals surface area (Å²) in [6, 6.07) is 6.64. The summed E-state index contributed by atoms with van der Waals surface area (Å²) in [4.78, 5) is 25.2. The average Bonchev–Trinajstić information content (AvgIpc) is 2.18. The standard InChI is InChI=1S/C12H14N2O3/c1-12(2,3)17-11(16)14-10-7-5-4-6-9(10)13-8-15/h4-7H,1-3H3,(H,14,16). The number of carbonyl (C=O) groups is 1. The van der Waals surface area contributed by atoms with E-state index in [0.29, 0.717) is 11.4 Å². The number of amides is 1. The monoisotopic (exact) mass is 234 g/mol. The Bertz CT molecular complexity index is 457. The van der Waals surface area contributed by atoms with Crippen molar-refractivity contribution in [3.8, 4) is 0 Å². The van der Waals surface area contributed by atoms with E-state index in [4.69, 9.17) is 4.74 Å². The Morgan fingerprint density at radius 3 is 2.59 bits per heavy atom. The van der Waals surface area contributed by atoms with Crippen LogP contribution in [0.25, 0.3) is 0 Å². The Morgan fingerprint density at radius 1 is 1.35 bits per heavy atom. The maximum absolute atomic E-state index is 11.5. The number of anilines is 1. The molecule has 0 aliphatic rings. The van der Waals surface area contributed by atoms with Crippen molar-refractivity contribution < 1.29 is 14.3 Å². The molecule has 0 radical (unpaired) electrons. The minimum absolute atomic E-state index is 0.341. The van der Waals surface area contributed by atoms with E-state index in [1.54, 1.807) is 45.0 Å². The fourth-order valence-corrected chi connectivity index (χ4v) is 1.14. The molecule has 0 heterocycles. The van der Waals surface area contributed by atoms with Crippen LogP contribution in [0.5, 0.6) is 0 Å². The molecule has 0 aliphatic carbocycles. The molecule has 90 valence electrons. The second-order valence-corrected chi connectivity index (χ2v) is 4.35. The van der Waals surface area contributed by atoms with Gasteiger partial charge in [0.15, 0.2) is 0 Å². The predicted octanol–water partition coefficient (Wildman–Crippen LogP) is 3.00. The number of para-hydroxylation sites is 2. The van der Waals surface area contributed by atoms with Crippen molar-refractivity contribution in [2.45, 2.75) is 26.4 Å². The lowest BCUT2D eigenvalue weighted by Crippen LogP contribution is -2.27. The normalized spacial score (nSPS) is 10.3. The lowest BCUT2D eigenvalue weighted by atomic mass is 10.2. The molecule has 17 heavy (non-hydrogen) atoms. The van der Waals surface area contributed by atoms with E-state index in [2.05, 4.69) is 10.3 Å². The molecule has 0 fully saturated rings. The summed E-state index contributed by atoms with van der Waals surface area (Å²) < 4.78 is 5.08. The fourth-order valence-electron chi connectivity index (χ4n) is 1.14. The summed E-state index contributed by atoms with van der Waals surface area (Å²) in [5.74, 6) is 0. The van der Waals surface area contributed by atoms with Crippen LogP contribution >= 0.6 is 0 Å². The first-order valence-electron chi connectivity index (χ1n) is 5.09. The van der Waals surface area contributed by atoms with Gasteiger partial charge in [-0.25, -0.2) is 9.59 Å². The largest absolute Gasteiger partial charge is 0.444 e. The van der Waals surface area contributed by atoms with E-state index < -0.39 is 11.7 Å². The van der Waals surface area contributed by atoms with Crippen molar-refractivity contribution in [1.82, 2.24) is 0 Å². The number of ether oxygens (including phenoxy) is 1. The highest BCUT2D eigenvalue weighted by atomic mass is 16.6. The summed E-state index contributed by atoms with van der Waals surface area (Å²) in [5, 5.41) is 2.52. The third kappa shape index (κ3) is 4.49. The van der Waals surface area contributed by atoms with Crippen LogP contribution in [0, 0.1) is 0 Å². The van der Waals surface area contributed by atoms with Crippen molar-refractivity contribution in [2.75, 3.05) is 5.32 Å². The molecule has 1 aromatic rings. The summed E-state index contributed by atoms with van der Waals surface area (Å²) in [7, 11) is 0. The van der Waals surface area contributed by atoms with Crippen LogP contribution in [0.15, 0.2) is 29.3 Å². The fraction of sp³-hybridized carbons (Fsp3) is 0.333. The lowest BCUT2D eigenvalue weighted by Gasteiger charge is -2.19. The molecule has 0 unspecified atom stereocenters. The smallest absolute Gasteiger partial charge is 0.412 e. The van der Waals surface area contributed by atoms with E-state index >= 15 is 0 Å². The Balaban J connectivity index is 2.81. The third-order valence-corrected chi connectivity index (χ3v) is 1.71. The Labute approximate surface area is 99.5 Å². The minimum atomic E-state index is -0.592. The molecule has 0 spiro atoms. The Hall–Kier alpha value is -2.13.